The smallest absolute Gasteiger partial charge is 0.469 e. The Bertz CT molecular complexity index is 1270. The zero-order chi connectivity index (χ0) is 27.0. The standard InChI is InChI=1S/C28H34F3N3O3/c1-17-12-21(16-27(3,4)15-17)34-24-13-18(2)19(6-11-25(35)36-5)14-23(24)33-26(34)32-20-7-9-22(10-8-20)37-28(29,30)31/h7-10,13-14,17,21H,6,11-12,15-16H2,1-5H3,(H,32,33)/t17-,21-/m0/s1. The van der Waals surface area contributed by atoms with Crippen LogP contribution in [0.15, 0.2) is 36.4 Å². The first-order chi connectivity index (χ1) is 17.3. The lowest BCUT2D eigenvalue weighted by Crippen LogP contribution is -2.29. The molecule has 0 amide bonds. The van der Waals surface area contributed by atoms with Gasteiger partial charge in [0.05, 0.1) is 18.1 Å². The number of carbonyl (C=O) groups is 1. The van der Waals surface area contributed by atoms with E-state index in [0.29, 0.717) is 24.0 Å². The molecule has 0 saturated heterocycles. The Morgan fingerprint density at radius 1 is 1.19 bits per heavy atom. The molecule has 1 aliphatic carbocycles. The van der Waals surface area contributed by atoms with Crippen LogP contribution >= 0.6 is 0 Å². The molecule has 0 radical (unpaired) electrons. The molecule has 1 aliphatic rings. The predicted octanol–water partition coefficient (Wildman–Crippen LogP) is 7.48. The highest BCUT2D eigenvalue weighted by molar-refractivity contribution is 5.82. The van der Waals surface area contributed by atoms with Crippen molar-refractivity contribution in [3.8, 4) is 5.75 Å². The molecule has 0 aliphatic heterocycles. The maximum Gasteiger partial charge on any atom is 0.573 e. The molecule has 0 bridgehead atoms. The second-order valence-electron chi connectivity index (χ2n) is 10.9. The van der Waals surface area contributed by atoms with E-state index in [1.807, 2.05) is 13.0 Å². The van der Waals surface area contributed by atoms with Gasteiger partial charge in [0, 0.05) is 18.2 Å². The third-order valence-electron chi connectivity index (χ3n) is 7.05. The molecular weight excluding hydrogens is 483 g/mol. The van der Waals surface area contributed by atoms with Crippen LogP contribution in [-0.2, 0) is 16.0 Å². The van der Waals surface area contributed by atoms with E-state index < -0.39 is 6.36 Å². The van der Waals surface area contributed by atoms with E-state index in [1.165, 1.54) is 19.2 Å². The number of methoxy groups -OCH3 is 1. The SMILES string of the molecule is COC(=O)CCc1cc2nc(Nc3ccc(OC(F)(F)F)cc3)n([C@H]3C[C@H](C)CC(C)(C)C3)c2cc1C. The average Bonchev–Trinajstić information content (AvgIpc) is 3.12. The number of halogens is 3. The highest BCUT2D eigenvalue weighted by Crippen LogP contribution is 2.46. The number of hydrogen-bond acceptors (Lipinski definition) is 5. The largest absolute Gasteiger partial charge is 0.573 e. The highest BCUT2D eigenvalue weighted by Gasteiger charge is 2.35. The Morgan fingerprint density at radius 2 is 1.89 bits per heavy atom. The van der Waals surface area contributed by atoms with Crippen molar-refractivity contribution in [3.05, 3.63) is 47.5 Å². The number of esters is 1. The van der Waals surface area contributed by atoms with Crippen LogP contribution < -0.4 is 10.1 Å². The summed E-state index contributed by atoms with van der Waals surface area (Å²) in [7, 11) is 1.38. The fourth-order valence-electron chi connectivity index (χ4n) is 5.72. The summed E-state index contributed by atoms with van der Waals surface area (Å²) >= 11 is 0. The summed E-state index contributed by atoms with van der Waals surface area (Å²) in [6, 6.07) is 10.0. The molecule has 0 unspecified atom stereocenters. The number of alkyl halides is 3. The van der Waals surface area contributed by atoms with Crippen molar-refractivity contribution in [1.29, 1.82) is 0 Å². The van der Waals surface area contributed by atoms with Crippen LogP contribution in [-0.4, -0.2) is 29.0 Å². The number of nitrogens with zero attached hydrogens (tertiary/aromatic N) is 2. The molecular formula is C28H34F3N3O3. The number of carbonyl (C=O) groups excluding carboxylic acids is 1. The van der Waals surface area contributed by atoms with Crippen LogP contribution in [0.25, 0.3) is 11.0 Å². The number of rotatable bonds is 7. The van der Waals surface area contributed by atoms with Crippen molar-refractivity contribution in [2.75, 3.05) is 12.4 Å². The fraction of sp³-hybridized carbons (Fsp3) is 0.500. The molecule has 3 aromatic rings. The van der Waals surface area contributed by atoms with E-state index in [-0.39, 0.29) is 29.6 Å². The predicted molar refractivity (Wildman–Crippen MR) is 137 cm³/mol. The van der Waals surface area contributed by atoms with E-state index in [2.05, 4.69) is 41.5 Å². The molecule has 0 spiro atoms. The molecule has 2 atom stereocenters. The summed E-state index contributed by atoms with van der Waals surface area (Å²) in [5, 5.41) is 3.33. The van der Waals surface area contributed by atoms with Gasteiger partial charge in [0.2, 0.25) is 5.95 Å². The van der Waals surface area contributed by atoms with Gasteiger partial charge in [-0.15, -0.1) is 13.2 Å². The topological polar surface area (TPSA) is 65.4 Å². The molecule has 6 nitrogen and oxygen atoms in total. The minimum Gasteiger partial charge on any atom is -0.469 e. The minimum atomic E-state index is -4.74. The summed E-state index contributed by atoms with van der Waals surface area (Å²) in [6.07, 6.45) is -0.759. The molecule has 1 fully saturated rings. The van der Waals surface area contributed by atoms with Gasteiger partial charge < -0.3 is 19.4 Å². The first-order valence-corrected chi connectivity index (χ1v) is 12.5. The minimum absolute atomic E-state index is 0.169. The van der Waals surface area contributed by atoms with E-state index in [9.17, 15) is 18.0 Å². The number of ether oxygens (including phenoxy) is 2. The Hall–Kier alpha value is -3.23. The Labute approximate surface area is 215 Å². The molecule has 1 aromatic heterocycles. The number of fused-ring (bicyclic) bond motifs is 1. The summed E-state index contributed by atoms with van der Waals surface area (Å²) < 4.78 is 48.7. The maximum atomic E-state index is 12.6. The quantitative estimate of drug-likeness (QED) is 0.329. The zero-order valence-electron chi connectivity index (χ0n) is 21.9. The number of imidazole rings is 1. The third-order valence-corrected chi connectivity index (χ3v) is 7.05. The summed E-state index contributed by atoms with van der Waals surface area (Å²) in [4.78, 5) is 16.6. The summed E-state index contributed by atoms with van der Waals surface area (Å²) in [6.45, 7) is 8.88. The van der Waals surface area contributed by atoms with Crippen LogP contribution in [0.4, 0.5) is 24.8 Å². The van der Waals surface area contributed by atoms with Gasteiger partial charge in [0.25, 0.3) is 0 Å². The van der Waals surface area contributed by atoms with Gasteiger partial charge in [0.15, 0.2) is 0 Å². The molecule has 2 aromatic carbocycles. The van der Waals surface area contributed by atoms with Crippen molar-refractivity contribution in [2.45, 2.75) is 72.2 Å². The third kappa shape index (κ3) is 6.56. The van der Waals surface area contributed by atoms with E-state index >= 15 is 0 Å². The van der Waals surface area contributed by atoms with E-state index in [1.54, 1.807) is 12.1 Å². The highest BCUT2D eigenvalue weighted by atomic mass is 19.4. The first kappa shape index (κ1) is 26.8. The molecule has 1 saturated carbocycles. The number of benzene rings is 2. The maximum absolute atomic E-state index is 12.6. The molecule has 200 valence electrons. The lowest BCUT2D eigenvalue weighted by Gasteiger charge is -2.40. The lowest BCUT2D eigenvalue weighted by molar-refractivity contribution is -0.274. The molecule has 9 heteroatoms. The van der Waals surface area contributed by atoms with Crippen molar-refractivity contribution in [2.24, 2.45) is 11.3 Å². The van der Waals surface area contributed by atoms with Gasteiger partial charge in [-0.3, -0.25) is 4.79 Å². The van der Waals surface area contributed by atoms with Crippen molar-refractivity contribution in [1.82, 2.24) is 9.55 Å². The van der Waals surface area contributed by atoms with Gasteiger partial charge in [-0.2, -0.15) is 0 Å². The van der Waals surface area contributed by atoms with Gasteiger partial charge in [-0.25, -0.2) is 4.98 Å². The van der Waals surface area contributed by atoms with Crippen molar-refractivity contribution < 1.29 is 27.4 Å². The number of aryl methyl sites for hydroxylation is 2. The summed E-state index contributed by atoms with van der Waals surface area (Å²) in [5.74, 6) is 0.640. The van der Waals surface area contributed by atoms with Gasteiger partial charge in [-0.1, -0.05) is 20.8 Å². The Balaban J connectivity index is 1.73. The van der Waals surface area contributed by atoms with Gasteiger partial charge in [-0.05, 0) is 91.5 Å². The van der Waals surface area contributed by atoms with Crippen LogP contribution in [0.2, 0.25) is 0 Å². The monoisotopic (exact) mass is 517 g/mol. The Morgan fingerprint density at radius 3 is 2.51 bits per heavy atom. The van der Waals surface area contributed by atoms with Crippen LogP contribution in [0.5, 0.6) is 5.75 Å². The fourth-order valence-corrected chi connectivity index (χ4v) is 5.72. The molecule has 4 rings (SSSR count). The zero-order valence-corrected chi connectivity index (χ0v) is 21.9. The number of nitrogens with one attached hydrogen (secondary N) is 1. The Kier molecular flexibility index (Phi) is 7.44. The van der Waals surface area contributed by atoms with Gasteiger partial charge in [0.1, 0.15) is 5.75 Å². The van der Waals surface area contributed by atoms with Crippen LogP contribution in [0, 0.1) is 18.3 Å². The van der Waals surface area contributed by atoms with Crippen LogP contribution in [0.3, 0.4) is 0 Å². The summed E-state index contributed by atoms with van der Waals surface area (Å²) in [5.41, 5.74) is 4.68. The molecule has 1 N–H and O–H groups in total. The van der Waals surface area contributed by atoms with Crippen LogP contribution in [0.1, 0.15) is 63.6 Å². The van der Waals surface area contributed by atoms with E-state index in [0.717, 1.165) is 41.4 Å². The molecule has 1 heterocycles. The number of hydrogen-bond donors (Lipinski definition) is 1. The lowest BCUT2D eigenvalue weighted by atomic mass is 9.70. The average molecular weight is 518 g/mol. The van der Waals surface area contributed by atoms with E-state index in [4.69, 9.17) is 9.72 Å². The molecule has 37 heavy (non-hydrogen) atoms. The second-order valence-corrected chi connectivity index (χ2v) is 10.9. The number of anilines is 2. The van der Waals surface area contributed by atoms with Gasteiger partial charge >= 0.3 is 12.3 Å². The number of aromatic nitrogens is 2. The first-order valence-electron chi connectivity index (χ1n) is 12.5. The normalized spacial score (nSPS) is 19.6. The second kappa shape index (κ2) is 10.3. The van der Waals surface area contributed by atoms with Crippen molar-refractivity contribution in [3.63, 3.8) is 0 Å². The van der Waals surface area contributed by atoms with Crippen molar-refractivity contribution >= 4 is 28.6 Å².